The Bertz CT molecular complexity index is 1170. The molecule has 1 N–H and O–H groups in total. The Morgan fingerprint density at radius 2 is 1.18 bits per heavy atom. The van der Waals surface area contributed by atoms with Gasteiger partial charge in [-0.3, -0.25) is 0 Å². The van der Waals surface area contributed by atoms with Crippen LogP contribution in [-0.4, -0.2) is 29.6 Å². The van der Waals surface area contributed by atoms with Gasteiger partial charge in [0.2, 0.25) is 0 Å². The van der Waals surface area contributed by atoms with E-state index in [1.165, 1.54) is 24.3 Å². The lowest BCUT2D eigenvalue weighted by atomic mass is 10.1. The summed E-state index contributed by atoms with van der Waals surface area (Å²) < 4.78 is 15.5. The fraction of sp³-hybridized carbons (Fsp3) is 0.0385. The van der Waals surface area contributed by atoms with Crippen LogP contribution in [0.2, 0.25) is 0 Å². The van der Waals surface area contributed by atoms with Crippen LogP contribution in [0.1, 0.15) is 10.4 Å². The van der Waals surface area contributed by atoms with Crippen LogP contribution < -0.4 is 14.2 Å². The van der Waals surface area contributed by atoms with Crippen molar-refractivity contribution >= 4 is 17.9 Å². The number of hydrogen-bond acceptors (Lipinski definition) is 7. The van der Waals surface area contributed by atoms with Crippen molar-refractivity contribution in [2.24, 2.45) is 0 Å². The quantitative estimate of drug-likeness (QED) is 0.317. The number of ether oxygens (including phenoxy) is 3. The van der Waals surface area contributed by atoms with E-state index in [1.807, 2.05) is 0 Å². The highest BCUT2D eigenvalue weighted by Gasteiger charge is 2.11. The minimum atomic E-state index is -0.691. The molecule has 0 fully saturated rings. The molecule has 0 radical (unpaired) electrons. The molecular formula is C26H20O7. The molecule has 0 bridgehead atoms. The first kappa shape index (κ1) is 23.2. The highest BCUT2D eigenvalue weighted by atomic mass is 16.5. The van der Waals surface area contributed by atoms with E-state index in [2.05, 4.69) is 13.2 Å². The summed E-state index contributed by atoms with van der Waals surface area (Å²) in [5.41, 5.74) is 1.99. The Labute approximate surface area is 190 Å². The lowest BCUT2D eigenvalue weighted by molar-refractivity contribution is -0.131. The van der Waals surface area contributed by atoms with Gasteiger partial charge >= 0.3 is 17.9 Å². The largest absolute Gasteiger partial charge is 0.423 e. The van der Waals surface area contributed by atoms with E-state index in [4.69, 9.17) is 19.3 Å². The van der Waals surface area contributed by atoms with Crippen LogP contribution in [-0.2, 0) is 9.59 Å². The van der Waals surface area contributed by atoms with E-state index in [9.17, 15) is 14.4 Å². The van der Waals surface area contributed by atoms with Gasteiger partial charge < -0.3 is 19.3 Å². The van der Waals surface area contributed by atoms with Gasteiger partial charge in [-0.2, -0.15) is 0 Å². The monoisotopic (exact) mass is 444 g/mol. The number of benzene rings is 3. The molecule has 0 aliphatic carbocycles. The van der Waals surface area contributed by atoms with E-state index >= 15 is 0 Å². The normalized spacial score (nSPS) is 10.1. The smallest absolute Gasteiger partial charge is 0.343 e. The van der Waals surface area contributed by atoms with Crippen LogP contribution in [0.3, 0.4) is 0 Å². The molecule has 7 nitrogen and oxygen atoms in total. The Kier molecular flexibility index (Phi) is 7.51. The van der Waals surface area contributed by atoms with Gasteiger partial charge in [0.15, 0.2) is 0 Å². The van der Waals surface area contributed by atoms with E-state index in [0.29, 0.717) is 22.8 Å². The summed E-state index contributed by atoms with van der Waals surface area (Å²) in [7, 11) is 0. The average Bonchev–Trinajstić information content (AvgIpc) is 2.84. The summed E-state index contributed by atoms with van der Waals surface area (Å²) in [4.78, 5) is 35.2. The maximum atomic E-state index is 12.3. The number of esters is 3. The van der Waals surface area contributed by atoms with Crippen molar-refractivity contribution in [1.82, 2.24) is 0 Å². The zero-order valence-electron chi connectivity index (χ0n) is 17.5. The first-order chi connectivity index (χ1) is 15.9. The van der Waals surface area contributed by atoms with Crippen molar-refractivity contribution in [3.8, 4) is 28.4 Å². The molecular weight excluding hydrogens is 424 g/mol. The van der Waals surface area contributed by atoms with Crippen molar-refractivity contribution in [1.29, 1.82) is 0 Å². The van der Waals surface area contributed by atoms with Gasteiger partial charge in [-0.1, -0.05) is 37.4 Å². The average molecular weight is 444 g/mol. The highest BCUT2D eigenvalue weighted by molar-refractivity contribution is 5.91. The minimum absolute atomic E-state index is 0.0312. The predicted molar refractivity (Wildman–Crippen MR) is 121 cm³/mol. The van der Waals surface area contributed by atoms with Crippen LogP contribution in [0, 0.1) is 0 Å². The molecule has 0 heterocycles. The highest BCUT2D eigenvalue weighted by Crippen LogP contribution is 2.25. The maximum absolute atomic E-state index is 12.3. The summed E-state index contributed by atoms with van der Waals surface area (Å²) in [6.07, 6.45) is 1.05. The van der Waals surface area contributed by atoms with E-state index in [0.717, 1.165) is 17.2 Å². The Morgan fingerprint density at radius 1 is 0.727 bits per heavy atom. The molecule has 166 valence electrons. The van der Waals surface area contributed by atoms with Gasteiger partial charge in [-0.15, -0.1) is 0 Å². The van der Waals surface area contributed by atoms with E-state index in [-0.39, 0.29) is 5.57 Å². The molecule has 0 saturated carbocycles. The van der Waals surface area contributed by atoms with Crippen LogP contribution in [0.5, 0.6) is 17.2 Å². The van der Waals surface area contributed by atoms with Crippen LogP contribution in [0.25, 0.3) is 11.1 Å². The number of carbonyl (C=O) groups excluding carboxylic acids is 3. The summed E-state index contributed by atoms with van der Waals surface area (Å²) >= 11 is 0. The third-order valence-corrected chi connectivity index (χ3v) is 4.42. The van der Waals surface area contributed by atoms with Gasteiger partial charge in [-0.05, 0) is 59.7 Å². The molecule has 0 unspecified atom stereocenters. The Hall–Kier alpha value is -4.49. The second-order valence-electron chi connectivity index (χ2n) is 6.74. The van der Waals surface area contributed by atoms with Crippen LogP contribution in [0.4, 0.5) is 0 Å². The SMILES string of the molecule is C=CC(=O)Oc1ccc(C(=O)Oc2ccc(-c3ccc(OC(=O)C(=C)CO)cc3)cc2)cc1. The number of rotatable bonds is 8. The summed E-state index contributed by atoms with van der Waals surface area (Å²) in [6.45, 7) is 6.27. The fourth-order valence-electron chi connectivity index (χ4n) is 2.66. The summed E-state index contributed by atoms with van der Waals surface area (Å²) in [5.74, 6) is -0.856. The lowest BCUT2D eigenvalue weighted by Crippen LogP contribution is -2.12. The molecule has 0 spiro atoms. The number of aliphatic hydroxyl groups excluding tert-OH is 1. The number of hydrogen-bond donors (Lipinski definition) is 1. The van der Waals surface area contributed by atoms with E-state index in [1.54, 1.807) is 48.5 Å². The molecule has 7 heteroatoms. The zero-order valence-corrected chi connectivity index (χ0v) is 17.5. The second kappa shape index (κ2) is 10.7. The van der Waals surface area contributed by atoms with Crippen molar-refractivity contribution in [2.45, 2.75) is 0 Å². The molecule has 3 rings (SSSR count). The van der Waals surface area contributed by atoms with Crippen molar-refractivity contribution in [3.05, 3.63) is 103 Å². The van der Waals surface area contributed by atoms with Gasteiger partial charge in [0, 0.05) is 6.08 Å². The first-order valence-electron chi connectivity index (χ1n) is 9.77. The van der Waals surface area contributed by atoms with Gasteiger partial charge in [-0.25, -0.2) is 14.4 Å². The van der Waals surface area contributed by atoms with Crippen molar-refractivity contribution in [2.75, 3.05) is 6.61 Å². The zero-order chi connectivity index (χ0) is 23.8. The molecule has 0 aromatic heterocycles. The second-order valence-corrected chi connectivity index (χ2v) is 6.74. The maximum Gasteiger partial charge on any atom is 0.343 e. The molecule has 0 atom stereocenters. The van der Waals surface area contributed by atoms with Gasteiger partial charge in [0.1, 0.15) is 17.2 Å². The molecule has 0 saturated heterocycles. The Balaban J connectivity index is 1.61. The van der Waals surface area contributed by atoms with Gasteiger partial charge in [0.25, 0.3) is 0 Å². The standard InChI is InChI=1S/C26H20O7/c1-3-24(28)31-21-14-8-20(9-15-21)26(30)33-23-12-6-19(7-13-23)18-4-10-22(11-5-18)32-25(29)17(2)16-27/h3-15,27H,1-2,16H2. The number of aliphatic hydroxyl groups is 1. The topological polar surface area (TPSA) is 99.1 Å². The molecule has 3 aromatic rings. The van der Waals surface area contributed by atoms with Crippen molar-refractivity contribution in [3.63, 3.8) is 0 Å². The van der Waals surface area contributed by atoms with Crippen molar-refractivity contribution < 1.29 is 33.7 Å². The summed E-state index contributed by atoms with van der Waals surface area (Å²) in [6, 6.07) is 19.6. The third-order valence-electron chi connectivity index (χ3n) is 4.42. The minimum Gasteiger partial charge on any atom is -0.423 e. The molecule has 0 aliphatic rings. The predicted octanol–water partition coefficient (Wildman–Crippen LogP) is 4.12. The molecule has 0 amide bonds. The first-order valence-corrected chi connectivity index (χ1v) is 9.77. The molecule has 3 aromatic carbocycles. The third kappa shape index (κ3) is 6.25. The van der Waals surface area contributed by atoms with Crippen LogP contribution >= 0.6 is 0 Å². The lowest BCUT2D eigenvalue weighted by Gasteiger charge is -2.08. The summed E-state index contributed by atoms with van der Waals surface area (Å²) in [5, 5.41) is 8.91. The molecule has 33 heavy (non-hydrogen) atoms. The molecule has 0 aliphatic heterocycles. The Morgan fingerprint density at radius 3 is 1.67 bits per heavy atom. The fourth-order valence-corrected chi connectivity index (χ4v) is 2.66. The van der Waals surface area contributed by atoms with E-state index < -0.39 is 24.5 Å². The number of carbonyl (C=O) groups is 3. The van der Waals surface area contributed by atoms with Gasteiger partial charge in [0.05, 0.1) is 17.7 Å². The van der Waals surface area contributed by atoms with Crippen LogP contribution in [0.15, 0.2) is 97.6 Å².